The third-order valence-electron chi connectivity index (χ3n) is 4.17. The van der Waals surface area contributed by atoms with Crippen LogP contribution in [0.25, 0.3) is 0 Å². The van der Waals surface area contributed by atoms with Gasteiger partial charge in [0.1, 0.15) is 5.71 Å². The Kier molecular flexibility index (Phi) is 5.35. The molecule has 1 fully saturated rings. The fourth-order valence-electron chi connectivity index (χ4n) is 2.71. The van der Waals surface area contributed by atoms with E-state index in [0.29, 0.717) is 32.0 Å². The van der Waals surface area contributed by atoms with Crippen molar-refractivity contribution in [3.05, 3.63) is 24.3 Å². The lowest BCUT2D eigenvalue weighted by Crippen LogP contribution is -2.40. The highest BCUT2D eigenvalue weighted by Crippen LogP contribution is 2.21. The summed E-state index contributed by atoms with van der Waals surface area (Å²) in [5, 5.41) is 7.74. The average Bonchev–Trinajstić information content (AvgIpc) is 2.65. The SMILES string of the molecule is CN1N=C(C(=O)Nc2cccc(S(=O)(=O)N3CCOCC3)c2)CCC1=O. The number of morpholine rings is 1. The molecule has 0 saturated carbocycles. The van der Waals surface area contributed by atoms with Gasteiger partial charge in [-0.05, 0) is 18.2 Å². The van der Waals surface area contributed by atoms with Crippen LogP contribution in [0.4, 0.5) is 5.69 Å². The Hall–Kier alpha value is -2.30. The molecule has 0 aliphatic carbocycles. The molecule has 2 aliphatic rings. The Morgan fingerprint density at radius 2 is 1.96 bits per heavy atom. The Morgan fingerprint density at radius 1 is 1.23 bits per heavy atom. The summed E-state index contributed by atoms with van der Waals surface area (Å²) in [6.07, 6.45) is 0.467. The molecule has 0 unspecified atom stereocenters. The van der Waals surface area contributed by atoms with E-state index < -0.39 is 15.9 Å². The molecule has 9 nitrogen and oxygen atoms in total. The number of sulfonamides is 1. The molecule has 3 rings (SSSR count). The third-order valence-corrected chi connectivity index (χ3v) is 6.06. The Balaban J connectivity index is 1.76. The summed E-state index contributed by atoms with van der Waals surface area (Å²) in [5.41, 5.74) is 0.583. The number of nitrogens with one attached hydrogen (secondary N) is 1. The highest BCUT2D eigenvalue weighted by atomic mass is 32.2. The molecule has 0 spiro atoms. The number of amides is 2. The van der Waals surface area contributed by atoms with Crippen LogP contribution in [0.5, 0.6) is 0 Å². The van der Waals surface area contributed by atoms with E-state index in [2.05, 4.69) is 10.4 Å². The van der Waals surface area contributed by atoms with Gasteiger partial charge in [-0.3, -0.25) is 9.59 Å². The van der Waals surface area contributed by atoms with Crippen LogP contribution in [0.1, 0.15) is 12.8 Å². The topological polar surface area (TPSA) is 108 Å². The fourth-order valence-corrected chi connectivity index (χ4v) is 4.16. The second-order valence-electron chi connectivity index (χ2n) is 5.96. The molecule has 1 saturated heterocycles. The second-order valence-corrected chi connectivity index (χ2v) is 7.90. The minimum atomic E-state index is -3.64. The van der Waals surface area contributed by atoms with Crippen LogP contribution in [0.2, 0.25) is 0 Å². The van der Waals surface area contributed by atoms with Gasteiger partial charge < -0.3 is 10.1 Å². The van der Waals surface area contributed by atoms with Gasteiger partial charge in [-0.25, -0.2) is 13.4 Å². The van der Waals surface area contributed by atoms with Crippen LogP contribution in [-0.2, 0) is 24.3 Å². The van der Waals surface area contributed by atoms with Gasteiger partial charge in [-0.15, -0.1) is 0 Å². The van der Waals surface area contributed by atoms with E-state index in [0.717, 1.165) is 5.01 Å². The predicted molar refractivity (Wildman–Crippen MR) is 94.1 cm³/mol. The van der Waals surface area contributed by atoms with E-state index in [9.17, 15) is 18.0 Å². The zero-order valence-corrected chi connectivity index (χ0v) is 15.2. The highest BCUT2D eigenvalue weighted by molar-refractivity contribution is 7.89. The number of hydrogen-bond donors (Lipinski definition) is 1. The minimum Gasteiger partial charge on any atom is -0.379 e. The standard InChI is InChI=1S/C16H20N4O5S/c1-19-15(21)6-5-14(18-19)16(22)17-12-3-2-4-13(11-12)26(23,24)20-7-9-25-10-8-20/h2-4,11H,5-10H2,1H3,(H,17,22). The zero-order chi connectivity index (χ0) is 18.7. The summed E-state index contributed by atoms with van der Waals surface area (Å²) in [7, 11) is -2.15. The first-order valence-electron chi connectivity index (χ1n) is 8.21. The van der Waals surface area contributed by atoms with Gasteiger partial charge in [-0.1, -0.05) is 6.07 Å². The number of hydrogen-bond acceptors (Lipinski definition) is 6. The van der Waals surface area contributed by atoms with Gasteiger partial charge in [0, 0.05) is 38.7 Å². The van der Waals surface area contributed by atoms with Gasteiger partial charge in [0.25, 0.3) is 5.91 Å². The van der Waals surface area contributed by atoms with Crippen LogP contribution in [0.15, 0.2) is 34.3 Å². The van der Waals surface area contributed by atoms with Crippen LogP contribution >= 0.6 is 0 Å². The van der Waals surface area contributed by atoms with E-state index in [1.165, 1.54) is 23.5 Å². The predicted octanol–water partition coefficient (Wildman–Crippen LogP) is 0.254. The number of ether oxygens (including phenoxy) is 1. The molecule has 0 radical (unpaired) electrons. The lowest BCUT2D eigenvalue weighted by Gasteiger charge is -2.26. The molecule has 0 atom stereocenters. The van der Waals surface area contributed by atoms with E-state index in [-0.39, 0.29) is 29.4 Å². The summed E-state index contributed by atoms with van der Waals surface area (Å²) in [4.78, 5) is 23.9. The van der Waals surface area contributed by atoms with Crippen molar-refractivity contribution in [1.29, 1.82) is 0 Å². The third kappa shape index (κ3) is 3.92. The molecular weight excluding hydrogens is 360 g/mol. The van der Waals surface area contributed by atoms with Gasteiger partial charge in [0.05, 0.1) is 18.1 Å². The maximum absolute atomic E-state index is 12.7. The molecule has 140 valence electrons. The molecule has 1 aromatic carbocycles. The fraction of sp³-hybridized carbons (Fsp3) is 0.438. The average molecular weight is 380 g/mol. The summed E-state index contributed by atoms with van der Waals surface area (Å²) in [5.74, 6) is -0.606. The first-order valence-corrected chi connectivity index (χ1v) is 9.65. The number of carbonyl (C=O) groups is 2. The number of carbonyl (C=O) groups excluding carboxylic acids is 2. The maximum atomic E-state index is 12.7. The second kappa shape index (κ2) is 7.52. The van der Waals surface area contributed by atoms with Crippen LogP contribution in [-0.4, -0.2) is 68.6 Å². The molecule has 0 aromatic heterocycles. The van der Waals surface area contributed by atoms with Crippen molar-refractivity contribution in [3.8, 4) is 0 Å². The summed E-state index contributed by atoms with van der Waals surface area (Å²) >= 11 is 0. The molecular formula is C16H20N4O5S. The molecule has 2 heterocycles. The van der Waals surface area contributed by atoms with Crippen molar-refractivity contribution in [2.45, 2.75) is 17.7 Å². The lowest BCUT2D eigenvalue weighted by atomic mass is 10.1. The van der Waals surface area contributed by atoms with E-state index in [4.69, 9.17) is 4.74 Å². The number of rotatable bonds is 4. The van der Waals surface area contributed by atoms with Crippen molar-refractivity contribution in [2.24, 2.45) is 5.10 Å². The molecule has 2 aliphatic heterocycles. The molecule has 26 heavy (non-hydrogen) atoms. The Labute approximate surface area is 151 Å². The van der Waals surface area contributed by atoms with Gasteiger partial charge in [0.15, 0.2) is 0 Å². The van der Waals surface area contributed by atoms with Gasteiger partial charge in [0.2, 0.25) is 15.9 Å². The lowest BCUT2D eigenvalue weighted by molar-refractivity contribution is -0.130. The summed E-state index contributed by atoms with van der Waals surface area (Å²) in [6, 6.07) is 6.09. The number of hydrazone groups is 1. The van der Waals surface area contributed by atoms with Crippen molar-refractivity contribution in [1.82, 2.24) is 9.31 Å². The van der Waals surface area contributed by atoms with Crippen LogP contribution in [0, 0.1) is 0 Å². The number of benzene rings is 1. The molecule has 0 bridgehead atoms. The van der Waals surface area contributed by atoms with Crippen molar-refractivity contribution in [2.75, 3.05) is 38.7 Å². The van der Waals surface area contributed by atoms with E-state index in [1.54, 1.807) is 12.1 Å². The normalized spacial score (nSPS) is 19.2. The van der Waals surface area contributed by atoms with Crippen molar-refractivity contribution < 1.29 is 22.7 Å². The largest absolute Gasteiger partial charge is 0.379 e. The first kappa shape index (κ1) is 18.5. The highest BCUT2D eigenvalue weighted by Gasteiger charge is 2.27. The maximum Gasteiger partial charge on any atom is 0.271 e. The van der Waals surface area contributed by atoms with Crippen molar-refractivity contribution >= 4 is 33.2 Å². The molecule has 10 heteroatoms. The summed E-state index contributed by atoms with van der Waals surface area (Å²) < 4.78 is 31.9. The van der Waals surface area contributed by atoms with E-state index >= 15 is 0 Å². The molecule has 2 amide bonds. The zero-order valence-electron chi connectivity index (χ0n) is 14.3. The molecule has 1 N–H and O–H groups in total. The quantitative estimate of drug-likeness (QED) is 0.806. The smallest absolute Gasteiger partial charge is 0.271 e. The van der Waals surface area contributed by atoms with E-state index in [1.807, 2.05) is 0 Å². The Bertz CT molecular complexity index is 846. The van der Waals surface area contributed by atoms with Gasteiger partial charge >= 0.3 is 0 Å². The van der Waals surface area contributed by atoms with Gasteiger partial charge in [-0.2, -0.15) is 9.41 Å². The van der Waals surface area contributed by atoms with Crippen LogP contribution < -0.4 is 5.32 Å². The number of anilines is 1. The summed E-state index contributed by atoms with van der Waals surface area (Å²) in [6.45, 7) is 1.33. The Morgan fingerprint density at radius 3 is 2.65 bits per heavy atom. The molecule has 1 aromatic rings. The number of nitrogens with zero attached hydrogens (tertiary/aromatic N) is 3. The van der Waals surface area contributed by atoms with Crippen molar-refractivity contribution in [3.63, 3.8) is 0 Å². The first-order chi connectivity index (χ1) is 12.4. The van der Waals surface area contributed by atoms with Crippen LogP contribution in [0.3, 0.4) is 0 Å². The minimum absolute atomic E-state index is 0.107. The monoisotopic (exact) mass is 380 g/mol.